The molecule has 4 aromatic rings. The van der Waals surface area contributed by atoms with Crippen LogP contribution in [0.4, 0.5) is 10.5 Å². The molecular formula is C37H41N3O4. The Hall–Kier alpha value is -4.46. The lowest BCUT2D eigenvalue weighted by molar-refractivity contribution is -0.118. The molecular weight excluding hydrogens is 550 g/mol. The molecule has 228 valence electrons. The molecule has 1 aliphatic rings. The number of anilines is 1. The third-order valence-corrected chi connectivity index (χ3v) is 8.25. The average molecular weight is 592 g/mol. The van der Waals surface area contributed by atoms with Gasteiger partial charge in [-0.15, -0.1) is 0 Å². The van der Waals surface area contributed by atoms with Gasteiger partial charge < -0.3 is 25.8 Å². The minimum atomic E-state index is -1.25. The quantitative estimate of drug-likeness (QED) is 0.144. The molecule has 5 rings (SSSR count). The molecule has 0 saturated carbocycles. The van der Waals surface area contributed by atoms with Crippen molar-refractivity contribution in [3.8, 4) is 0 Å². The Balaban J connectivity index is 1.20. The standard InChI is InChI=1S/C37H41N3O4/c41-36(35(40-37(42)43)34(29-17-6-2-7-18-29)30-19-8-3-9-20-30)39-33-22-11-10-16-28(33)23-24-32-25-38-31(26-44-32)21-12-15-27-13-4-1-5-14-27/h1-11,13-14,16-20,22,31-32,34-35,38,40H,12,15,21,23-26H2,(H,39,41)(H,42,43)/t31-,32-,35+/m1/s1. The number of rotatable bonds is 13. The number of amides is 2. The molecule has 2 amide bonds. The number of benzene rings is 4. The van der Waals surface area contributed by atoms with E-state index in [4.69, 9.17) is 4.74 Å². The van der Waals surface area contributed by atoms with E-state index in [0.717, 1.165) is 55.3 Å². The molecule has 0 unspecified atom stereocenters. The van der Waals surface area contributed by atoms with Crippen molar-refractivity contribution >= 4 is 17.7 Å². The predicted molar refractivity (Wildman–Crippen MR) is 174 cm³/mol. The Morgan fingerprint density at radius 3 is 2.02 bits per heavy atom. The Kier molecular flexibility index (Phi) is 11.2. The molecule has 7 heteroatoms. The summed E-state index contributed by atoms with van der Waals surface area (Å²) >= 11 is 0. The molecule has 4 N–H and O–H groups in total. The Labute approximate surface area is 259 Å². The van der Waals surface area contributed by atoms with Crippen molar-refractivity contribution in [3.05, 3.63) is 138 Å². The summed E-state index contributed by atoms with van der Waals surface area (Å²) in [6.45, 7) is 1.49. The van der Waals surface area contributed by atoms with Crippen LogP contribution in [0.2, 0.25) is 0 Å². The molecule has 44 heavy (non-hydrogen) atoms. The van der Waals surface area contributed by atoms with Crippen LogP contribution in [0.25, 0.3) is 0 Å². The Morgan fingerprint density at radius 1 is 0.795 bits per heavy atom. The third kappa shape index (κ3) is 8.78. The SMILES string of the molecule is O=C(O)N[C@H](C(=O)Nc1ccccc1CC[C@@H]1CN[C@H](CCCc2ccccc2)CO1)C(c1ccccc1)c1ccccc1. The summed E-state index contributed by atoms with van der Waals surface area (Å²) in [5.74, 6) is -0.922. The largest absolute Gasteiger partial charge is 0.465 e. The highest BCUT2D eigenvalue weighted by Gasteiger charge is 2.33. The van der Waals surface area contributed by atoms with Crippen molar-refractivity contribution in [2.24, 2.45) is 0 Å². The number of nitrogens with one attached hydrogen (secondary N) is 3. The van der Waals surface area contributed by atoms with Gasteiger partial charge in [-0.3, -0.25) is 4.79 Å². The van der Waals surface area contributed by atoms with Gasteiger partial charge in [-0.05, 0) is 60.4 Å². The second-order valence-electron chi connectivity index (χ2n) is 11.3. The molecule has 3 atom stereocenters. The van der Waals surface area contributed by atoms with Crippen molar-refractivity contribution < 1.29 is 19.4 Å². The van der Waals surface area contributed by atoms with Gasteiger partial charge in [-0.1, -0.05) is 109 Å². The van der Waals surface area contributed by atoms with Crippen molar-refractivity contribution in [2.45, 2.75) is 56.2 Å². The number of ether oxygens (including phenoxy) is 1. The smallest absolute Gasteiger partial charge is 0.405 e. The molecule has 0 bridgehead atoms. The fourth-order valence-corrected chi connectivity index (χ4v) is 5.95. The van der Waals surface area contributed by atoms with Crippen LogP contribution < -0.4 is 16.0 Å². The number of carbonyl (C=O) groups excluding carboxylic acids is 1. The number of carbonyl (C=O) groups is 2. The first-order valence-electron chi connectivity index (χ1n) is 15.4. The van der Waals surface area contributed by atoms with Crippen LogP contribution in [-0.2, 0) is 22.4 Å². The number of morpholine rings is 1. The first kappa shape index (κ1) is 31.0. The van der Waals surface area contributed by atoms with Crippen LogP contribution in [0.15, 0.2) is 115 Å². The first-order valence-corrected chi connectivity index (χ1v) is 15.4. The van der Waals surface area contributed by atoms with E-state index in [1.807, 2.05) is 91.0 Å². The highest BCUT2D eigenvalue weighted by Crippen LogP contribution is 2.30. The summed E-state index contributed by atoms with van der Waals surface area (Å²) < 4.78 is 6.22. The summed E-state index contributed by atoms with van der Waals surface area (Å²) in [6, 6.07) is 36.6. The van der Waals surface area contributed by atoms with Gasteiger partial charge in [-0.2, -0.15) is 0 Å². The molecule has 1 fully saturated rings. The van der Waals surface area contributed by atoms with E-state index in [2.05, 4.69) is 40.2 Å². The van der Waals surface area contributed by atoms with Gasteiger partial charge in [0.15, 0.2) is 0 Å². The molecule has 0 aromatic heterocycles. The zero-order valence-electron chi connectivity index (χ0n) is 24.9. The van der Waals surface area contributed by atoms with Gasteiger partial charge >= 0.3 is 6.09 Å². The second-order valence-corrected chi connectivity index (χ2v) is 11.3. The number of aryl methyl sites for hydroxylation is 2. The van der Waals surface area contributed by atoms with Crippen LogP contribution in [0, 0.1) is 0 Å². The van der Waals surface area contributed by atoms with E-state index in [1.165, 1.54) is 5.56 Å². The first-order chi connectivity index (χ1) is 21.6. The van der Waals surface area contributed by atoms with Gasteiger partial charge in [0, 0.05) is 24.2 Å². The predicted octanol–water partition coefficient (Wildman–Crippen LogP) is 6.41. The maximum absolute atomic E-state index is 13.8. The maximum atomic E-state index is 13.8. The number of para-hydroxylation sites is 1. The normalized spacial score (nSPS) is 17.1. The zero-order chi connectivity index (χ0) is 30.6. The average Bonchev–Trinajstić information content (AvgIpc) is 3.06. The highest BCUT2D eigenvalue weighted by molar-refractivity contribution is 5.98. The van der Waals surface area contributed by atoms with Gasteiger partial charge in [0.25, 0.3) is 0 Å². The van der Waals surface area contributed by atoms with Crippen LogP contribution in [0.5, 0.6) is 0 Å². The van der Waals surface area contributed by atoms with Crippen LogP contribution in [-0.4, -0.2) is 48.4 Å². The number of hydrogen-bond acceptors (Lipinski definition) is 4. The fourth-order valence-electron chi connectivity index (χ4n) is 5.95. The zero-order valence-corrected chi connectivity index (χ0v) is 24.9. The molecule has 7 nitrogen and oxygen atoms in total. The monoisotopic (exact) mass is 591 g/mol. The fraction of sp³-hybridized carbons (Fsp3) is 0.297. The Morgan fingerprint density at radius 2 is 1.41 bits per heavy atom. The van der Waals surface area contributed by atoms with E-state index >= 15 is 0 Å². The number of carboxylic acid groups (broad SMARTS) is 1. The maximum Gasteiger partial charge on any atom is 0.405 e. The highest BCUT2D eigenvalue weighted by atomic mass is 16.5. The minimum Gasteiger partial charge on any atom is -0.465 e. The van der Waals surface area contributed by atoms with Crippen LogP contribution >= 0.6 is 0 Å². The summed E-state index contributed by atoms with van der Waals surface area (Å²) in [7, 11) is 0. The van der Waals surface area contributed by atoms with Gasteiger partial charge in [0.1, 0.15) is 6.04 Å². The van der Waals surface area contributed by atoms with Crippen molar-refractivity contribution in [1.82, 2.24) is 10.6 Å². The molecule has 1 heterocycles. The lowest BCUT2D eigenvalue weighted by atomic mass is 9.84. The van der Waals surface area contributed by atoms with E-state index < -0.39 is 24.0 Å². The summed E-state index contributed by atoms with van der Waals surface area (Å²) in [5, 5.41) is 18.9. The Bertz CT molecular complexity index is 1420. The summed E-state index contributed by atoms with van der Waals surface area (Å²) in [5.41, 5.74) is 4.73. The van der Waals surface area contributed by atoms with Crippen molar-refractivity contribution in [2.75, 3.05) is 18.5 Å². The minimum absolute atomic E-state index is 0.0890. The van der Waals surface area contributed by atoms with E-state index in [-0.39, 0.29) is 6.10 Å². The molecule has 4 aromatic carbocycles. The van der Waals surface area contributed by atoms with Crippen molar-refractivity contribution in [1.29, 1.82) is 0 Å². The summed E-state index contributed by atoms with van der Waals surface area (Å²) in [4.78, 5) is 25.7. The van der Waals surface area contributed by atoms with E-state index in [9.17, 15) is 14.7 Å². The van der Waals surface area contributed by atoms with E-state index in [1.54, 1.807) is 0 Å². The van der Waals surface area contributed by atoms with Crippen LogP contribution in [0.1, 0.15) is 47.4 Å². The van der Waals surface area contributed by atoms with E-state index in [0.29, 0.717) is 18.3 Å². The molecule has 1 saturated heterocycles. The molecule has 0 aliphatic carbocycles. The van der Waals surface area contributed by atoms with Gasteiger partial charge in [0.05, 0.1) is 12.7 Å². The van der Waals surface area contributed by atoms with Gasteiger partial charge in [-0.25, -0.2) is 4.79 Å². The van der Waals surface area contributed by atoms with Gasteiger partial charge in [0.2, 0.25) is 5.91 Å². The lowest BCUT2D eigenvalue weighted by Crippen LogP contribution is -2.47. The lowest BCUT2D eigenvalue weighted by Gasteiger charge is -2.31. The molecule has 0 spiro atoms. The summed E-state index contributed by atoms with van der Waals surface area (Å²) in [6.07, 6.45) is 3.64. The topological polar surface area (TPSA) is 99.7 Å². The third-order valence-electron chi connectivity index (χ3n) is 8.25. The second kappa shape index (κ2) is 15.8. The number of hydrogen-bond donors (Lipinski definition) is 4. The van der Waals surface area contributed by atoms with Crippen LogP contribution in [0.3, 0.4) is 0 Å². The molecule has 0 radical (unpaired) electrons. The van der Waals surface area contributed by atoms with Crippen molar-refractivity contribution in [3.63, 3.8) is 0 Å². The molecule has 1 aliphatic heterocycles.